The summed E-state index contributed by atoms with van der Waals surface area (Å²) in [5.41, 5.74) is 6.36. The molecule has 80 valence electrons. The second-order valence-corrected chi connectivity index (χ2v) is 4.04. The Morgan fingerprint density at radius 1 is 1.50 bits per heavy atom. The third-order valence-corrected chi connectivity index (χ3v) is 2.22. The minimum absolute atomic E-state index is 0.258. The lowest BCUT2D eigenvalue weighted by Gasteiger charge is -2.06. The summed E-state index contributed by atoms with van der Waals surface area (Å²) in [6.07, 6.45) is 0.258. The Kier molecular flexibility index (Phi) is 4.86. The zero-order valence-corrected chi connectivity index (χ0v) is 9.34. The SMILES string of the molecule is CC(C)OCCOCc1csc(N)n1. The van der Waals surface area contributed by atoms with Crippen molar-refractivity contribution >= 4 is 16.5 Å². The lowest BCUT2D eigenvalue weighted by molar-refractivity contribution is 0.0137. The van der Waals surface area contributed by atoms with Crippen molar-refractivity contribution in [2.24, 2.45) is 0 Å². The molecule has 2 N–H and O–H groups in total. The van der Waals surface area contributed by atoms with E-state index >= 15 is 0 Å². The highest BCUT2D eigenvalue weighted by molar-refractivity contribution is 7.13. The quantitative estimate of drug-likeness (QED) is 0.735. The molecular weight excluding hydrogens is 200 g/mol. The third kappa shape index (κ3) is 4.55. The maximum Gasteiger partial charge on any atom is 0.180 e. The number of nitrogen functional groups attached to an aromatic ring is 1. The van der Waals surface area contributed by atoms with Crippen LogP contribution in [0, 0.1) is 0 Å². The van der Waals surface area contributed by atoms with Gasteiger partial charge in [0, 0.05) is 5.38 Å². The van der Waals surface area contributed by atoms with Crippen molar-refractivity contribution in [2.45, 2.75) is 26.6 Å². The number of rotatable bonds is 6. The molecule has 0 aliphatic carbocycles. The molecule has 14 heavy (non-hydrogen) atoms. The zero-order chi connectivity index (χ0) is 10.4. The Balaban J connectivity index is 2.04. The monoisotopic (exact) mass is 216 g/mol. The average molecular weight is 216 g/mol. The Bertz CT molecular complexity index is 263. The molecule has 0 unspecified atom stereocenters. The second kappa shape index (κ2) is 5.95. The molecule has 4 nitrogen and oxygen atoms in total. The first-order chi connectivity index (χ1) is 6.68. The predicted octanol–water partition coefficient (Wildman–Crippen LogP) is 1.67. The highest BCUT2D eigenvalue weighted by Crippen LogP contribution is 2.11. The summed E-state index contributed by atoms with van der Waals surface area (Å²) < 4.78 is 10.7. The van der Waals surface area contributed by atoms with Gasteiger partial charge < -0.3 is 15.2 Å². The fourth-order valence-electron chi connectivity index (χ4n) is 0.908. The molecule has 0 aromatic carbocycles. The van der Waals surface area contributed by atoms with Crippen LogP contribution in [0.1, 0.15) is 19.5 Å². The normalized spacial score (nSPS) is 11.1. The molecule has 1 aromatic rings. The lowest BCUT2D eigenvalue weighted by Crippen LogP contribution is -2.09. The van der Waals surface area contributed by atoms with Gasteiger partial charge in [0.15, 0.2) is 5.13 Å². The Hall–Kier alpha value is -0.650. The molecule has 5 heteroatoms. The van der Waals surface area contributed by atoms with E-state index in [-0.39, 0.29) is 6.10 Å². The summed E-state index contributed by atoms with van der Waals surface area (Å²) in [5, 5.41) is 2.49. The van der Waals surface area contributed by atoms with Gasteiger partial charge in [0.2, 0.25) is 0 Å². The van der Waals surface area contributed by atoms with Gasteiger partial charge in [-0.3, -0.25) is 0 Å². The van der Waals surface area contributed by atoms with Crippen LogP contribution in [-0.2, 0) is 16.1 Å². The van der Waals surface area contributed by atoms with Crippen molar-refractivity contribution in [3.63, 3.8) is 0 Å². The molecular formula is C9H16N2O2S. The van der Waals surface area contributed by atoms with Crippen LogP contribution in [0.4, 0.5) is 5.13 Å². The second-order valence-electron chi connectivity index (χ2n) is 3.15. The Labute approximate surface area is 88.0 Å². The van der Waals surface area contributed by atoms with Crippen LogP contribution in [0.15, 0.2) is 5.38 Å². The van der Waals surface area contributed by atoms with Crippen molar-refractivity contribution in [3.8, 4) is 0 Å². The molecule has 1 heterocycles. The van der Waals surface area contributed by atoms with E-state index in [0.717, 1.165) is 5.69 Å². The minimum atomic E-state index is 0.258. The van der Waals surface area contributed by atoms with E-state index in [9.17, 15) is 0 Å². The predicted molar refractivity (Wildman–Crippen MR) is 57.3 cm³/mol. The molecule has 0 saturated carbocycles. The summed E-state index contributed by atoms with van der Waals surface area (Å²) in [7, 11) is 0. The molecule has 0 radical (unpaired) electrons. The van der Waals surface area contributed by atoms with E-state index in [1.807, 2.05) is 19.2 Å². The van der Waals surface area contributed by atoms with E-state index in [1.165, 1.54) is 11.3 Å². The van der Waals surface area contributed by atoms with Crippen molar-refractivity contribution in [3.05, 3.63) is 11.1 Å². The fourth-order valence-corrected chi connectivity index (χ4v) is 1.46. The van der Waals surface area contributed by atoms with Gasteiger partial charge in [-0.1, -0.05) is 0 Å². The average Bonchev–Trinajstić information content (AvgIpc) is 2.50. The topological polar surface area (TPSA) is 57.4 Å². The van der Waals surface area contributed by atoms with Crippen LogP contribution in [0.2, 0.25) is 0 Å². The van der Waals surface area contributed by atoms with Crippen LogP contribution in [0.5, 0.6) is 0 Å². The van der Waals surface area contributed by atoms with Crippen LogP contribution < -0.4 is 5.73 Å². The maximum atomic E-state index is 5.48. The van der Waals surface area contributed by atoms with Crippen molar-refractivity contribution in [1.29, 1.82) is 0 Å². The summed E-state index contributed by atoms with van der Waals surface area (Å²) in [6, 6.07) is 0. The molecule has 0 aliphatic rings. The Morgan fingerprint density at radius 3 is 2.86 bits per heavy atom. The van der Waals surface area contributed by atoms with E-state index in [0.29, 0.717) is 25.0 Å². The first-order valence-corrected chi connectivity index (χ1v) is 5.45. The largest absolute Gasteiger partial charge is 0.376 e. The van der Waals surface area contributed by atoms with Crippen molar-refractivity contribution in [2.75, 3.05) is 18.9 Å². The fraction of sp³-hybridized carbons (Fsp3) is 0.667. The number of thiazole rings is 1. The zero-order valence-electron chi connectivity index (χ0n) is 8.53. The van der Waals surface area contributed by atoms with E-state index < -0.39 is 0 Å². The highest BCUT2D eigenvalue weighted by atomic mass is 32.1. The van der Waals surface area contributed by atoms with E-state index in [1.54, 1.807) is 0 Å². The number of hydrogen-bond donors (Lipinski definition) is 1. The Morgan fingerprint density at radius 2 is 2.29 bits per heavy atom. The molecule has 0 aliphatic heterocycles. The first-order valence-electron chi connectivity index (χ1n) is 4.57. The van der Waals surface area contributed by atoms with Gasteiger partial charge in [0.25, 0.3) is 0 Å². The number of nitrogens with two attached hydrogens (primary N) is 1. The van der Waals surface area contributed by atoms with Gasteiger partial charge in [-0.05, 0) is 13.8 Å². The van der Waals surface area contributed by atoms with Crippen molar-refractivity contribution in [1.82, 2.24) is 4.98 Å². The van der Waals surface area contributed by atoms with E-state index in [2.05, 4.69) is 4.98 Å². The minimum Gasteiger partial charge on any atom is -0.376 e. The van der Waals surface area contributed by atoms with Crippen LogP contribution in [0.25, 0.3) is 0 Å². The number of ether oxygens (including phenoxy) is 2. The molecule has 0 atom stereocenters. The highest BCUT2D eigenvalue weighted by Gasteiger charge is 1.98. The van der Waals surface area contributed by atoms with Crippen LogP contribution in [0.3, 0.4) is 0 Å². The van der Waals surface area contributed by atoms with Crippen LogP contribution in [-0.4, -0.2) is 24.3 Å². The smallest absolute Gasteiger partial charge is 0.180 e. The van der Waals surface area contributed by atoms with Crippen molar-refractivity contribution < 1.29 is 9.47 Å². The van der Waals surface area contributed by atoms with Gasteiger partial charge in [-0.25, -0.2) is 4.98 Å². The molecule has 1 aromatic heterocycles. The summed E-state index contributed by atoms with van der Waals surface area (Å²) in [6.45, 7) is 5.73. The van der Waals surface area contributed by atoms with Gasteiger partial charge in [-0.2, -0.15) is 0 Å². The maximum absolute atomic E-state index is 5.48. The number of hydrogen-bond acceptors (Lipinski definition) is 5. The number of anilines is 1. The number of nitrogens with zero attached hydrogens (tertiary/aromatic N) is 1. The molecule has 0 fully saturated rings. The summed E-state index contributed by atoms with van der Waals surface area (Å²) >= 11 is 1.43. The third-order valence-electron chi connectivity index (χ3n) is 1.50. The molecule has 0 bridgehead atoms. The van der Waals surface area contributed by atoms with Gasteiger partial charge in [-0.15, -0.1) is 11.3 Å². The summed E-state index contributed by atoms with van der Waals surface area (Å²) in [5.74, 6) is 0. The standard InChI is InChI=1S/C9H16N2O2S/c1-7(2)13-4-3-12-5-8-6-14-9(10)11-8/h6-7H,3-5H2,1-2H3,(H2,10,11). The molecule has 1 rings (SSSR count). The molecule has 0 amide bonds. The van der Waals surface area contributed by atoms with Gasteiger partial charge in [0.05, 0.1) is 31.6 Å². The molecule has 0 spiro atoms. The van der Waals surface area contributed by atoms with E-state index in [4.69, 9.17) is 15.2 Å². The van der Waals surface area contributed by atoms with Gasteiger partial charge in [0.1, 0.15) is 0 Å². The van der Waals surface area contributed by atoms with Gasteiger partial charge >= 0.3 is 0 Å². The first kappa shape index (κ1) is 11.4. The number of aromatic nitrogens is 1. The summed E-state index contributed by atoms with van der Waals surface area (Å²) in [4.78, 5) is 4.07. The lowest BCUT2D eigenvalue weighted by atomic mass is 10.5. The molecule has 0 saturated heterocycles. The van der Waals surface area contributed by atoms with Crippen LogP contribution >= 0.6 is 11.3 Å².